The Balaban J connectivity index is 1.61. The van der Waals surface area contributed by atoms with E-state index in [1.807, 2.05) is 31.3 Å². The van der Waals surface area contributed by atoms with Gasteiger partial charge in [-0.05, 0) is 18.4 Å². The summed E-state index contributed by atoms with van der Waals surface area (Å²) in [5, 5.41) is 9.42. The molecule has 0 aliphatic heterocycles. The van der Waals surface area contributed by atoms with Gasteiger partial charge >= 0.3 is 0 Å². The largest absolute Gasteiger partial charge is 0.393 e. The molecule has 0 unspecified atom stereocenters. The fraction of sp³-hybridized carbons (Fsp3) is 0.333. The number of benzene rings is 1. The number of nitrogens with zero attached hydrogens (tertiary/aromatic N) is 3. The molecular formula is C18H21N3O. The molecule has 0 bridgehead atoms. The molecule has 0 amide bonds. The van der Waals surface area contributed by atoms with E-state index < -0.39 is 0 Å². The highest BCUT2D eigenvalue weighted by atomic mass is 16.3. The van der Waals surface area contributed by atoms with Crippen LogP contribution in [0.3, 0.4) is 0 Å². The highest BCUT2D eigenvalue weighted by molar-refractivity contribution is 5.50. The molecule has 114 valence electrons. The average Bonchev–Trinajstić information content (AvgIpc) is 2.53. The standard InChI is InChI=1S/C18H21N3O/c1-21(9-5-8-14-6-3-2-4-7-14)18-12-17(19-13-20-18)15-10-16(22)11-15/h2-8,12-13,15-16,22H,9-11H2,1H3/b8-5+. The lowest BCUT2D eigenvalue weighted by molar-refractivity contribution is 0.0732. The van der Waals surface area contributed by atoms with Gasteiger partial charge in [-0.15, -0.1) is 0 Å². The third-order valence-electron chi connectivity index (χ3n) is 4.09. The molecule has 0 saturated heterocycles. The second kappa shape index (κ2) is 6.71. The van der Waals surface area contributed by atoms with Crippen molar-refractivity contribution in [1.82, 2.24) is 9.97 Å². The predicted octanol–water partition coefficient (Wildman–Crippen LogP) is 2.86. The van der Waals surface area contributed by atoms with Crippen LogP contribution >= 0.6 is 0 Å². The summed E-state index contributed by atoms with van der Waals surface area (Å²) in [7, 11) is 2.02. The van der Waals surface area contributed by atoms with E-state index in [0.717, 1.165) is 30.9 Å². The van der Waals surface area contributed by atoms with E-state index >= 15 is 0 Å². The van der Waals surface area contributed by atoms with Crippen LogP contribution in [0.1, 0.15) is 30.0 Å². The molecule has 4 heteroatoms. The van der Waals surface area contributed by atoms with Gasteiger partial charge in [-0.25, -0.2) is 9.97 Å². The topological polar surface area (TPSA) is 49.2 Å². The average molecular weight is 295 g/mol. The summed E-state index contributed by atoms with van der Waals surface area (Å²) >= 11 is 0. The minimum atomic E-state index is -0.157. The molecule has 1 fully saturated rings. The van der Waals surface area contributed by atoms with Gasteiger partial charge in [-0.1, -0.05) is 42.5 Å². The third kappa shape index (κ3) is 3.52. The number of hydrogen-bond donors (Lipinski definition) is 1. The van der Waals surface area contributed by atoms with Crippen molar-refractivity contribution < 1.29 is 5.11 Å². The second-order valence-corrected chi connectivity index (χ2v) is 5.82. The molecule has 1 saturated carbocycles. The second-order valence-electron chi connectivity index (χ2n) is 5.82. The maximum atomic E-state index is 9.42. The van der Waals surface area contributed by atoms with Gasteiger partial charge in [0, 0.05) is 31.3 Å². The predicted molar refractivity (Wildman–Crippen MR) is 88.8 cm³/mol. The first-order valence-electron chi connectivity index (χ1n) is 7.65. The van der Waals surface area contributed by atoms with E-state index in [4.69, 9.17) is 0 Å². The van der Waals surface area contributed by atoms with Crippen molar-refractivity contribution in [2.75, 3.05) is 18.5 Å². The summed E-state index contributed by atoms with van der Waals surface area (Å²) in [4.78, 5) is 10.8. The van der Waals surface area contributed by atoms with Gasteiger partial charge in [0.1, 0.15) is 12.1 Å². The van der Waals surface area contributed by atoms with Crippen molar-refractivity contribution in [1.29, 1.82) is 0 Å². The van der Waals surface area contributed by atoms with Crippen molar-refractivity contribution in [3.63, 3.8) is 0 Å². The number of likely N-dealkylation sites (N-methyl/N-ethyl adjacent to an activating group) is 1. The number of hydrogen-bond acceptors (Lipinski definition) is 4. The Morgan fingerprint density at radius 3 is 2.73 bits per heavy atom. The molecular weight excluding hydrogens is 274 g/mol. The molecule has 0 radical (unpaired) electrons. The summed E-state index contributed by atoms with van der Waals surface area (Å²) in [5.74, 6) is 1.30. The molecule has 1 aromatic carbocycles. The van der Waals surface area contributed by atoms with Gasteiger partial charge in [0.2, 0.25) is 0 Å². The number of aliphatic hydroxyl groups excluding tert-OH is 1. The Kier molecular flexibility index (Phi) is 4.49. The third-order valence-corrected chi connectivity index (χ3v) is 4.09. The highest BCUT2D eigenvalue weighted by Gasteiger charge is 2.29. The zero-order valence-corrected chi connectivity index (χ0v) is 12.8. The van der Waals surface area contributed by atoms with E-state index in [2.05, 4.69) is 39.2 Å². The van der Waals surface area contributed by atoms with Crippen LogP contribution in [0.5, 0.6) is 0 Å². The first-order valence-corrected chi connectivity index (χ1v) is 7.65. The maximum absolute atomic E-state index is 9.42. The Hall–Kier alpha value is -2.20. The molecule has 4 nitrogen and oxygen atoms in total. The van der Waals surface area contributed by atoms with Gasteiger partial charge in [-0.3, -0.25) is 0 Å². The zero-order valence-electron chi connectivity index (χ0n) is 12.8. The summed E-state index contributed by atoms with van der Waals surface area (Å²) < 4.78 is 0. The molecule has 1 aliphatic rings. The SMILES string of the molecule is CN(C/C=C/c1ccccc1)c1cc(C2CC(O)C2)ncn1. The Morgan fingerprint density at radius 1 is 1.23 bits per heavy atom. The van der Waals surface area contributed by atoms with Crippen LogP contribution in [-0.4, -0.2) is 34.8 Å². The lowest BCUT2D eigenvalue weighted by Gasteiger charge is -2.31. The minimum Gasteiger partial charge on any atom is -0.393 e. The Bertz CT molecular complexity index is 636. The lowest BCUT2D eigenvalue weighted by Crippen LogP contribution is -2.27. The molecule has 1 heterocycles. The van der Waals surface area contributed by atoms with Crippen LogP contribution < -0.4 is 4.90 Å². The van der Waals surface area contributed by atoms with Crippen LogP contribution in [0.2, 0.25) is 0 Å². The van der Waals surface area contributed by atoms with Crippen LogP contribution in [0.15, 0.2) is 48.8 Å². The summed E-state index contributed by atoms with van der Waals surface area (Å²) in [5.41, 5.74) is 2.23. The van der Waals surface area contributed by atoms with Crippen molar-refractivity contribution in [3.8, 4) is 0 Å². The Labute approximate surface area is 131 Å². The van der Waals surface area contributed by atoms with E-state index in [1.54, 1.807) is 6.33 Å². The normalized spacial score (nSPS) is 20.8. The number of anilines is 1. The van der Waals surface area contributed by atoms with Gasteiger partial charge in [0.15, 0.2) is 0 Å². The van der Waals surface area contributed by atoms with E-state index in [-0.39, 0.29) is 6.10 Å². The monoisotopic (exact) mass is 295 g/mol. The van der Waals surface area contributed by atoms with E-state index in [0.29, 0.717) is 5.92 Å². The van der Waals surface area contributed by atoms with Crippen molar-refractivity contribution in [3.05, 3.63) is 60.1 Å². The smallest absolute Gasteiger partial charge is 0.132 e. The van der Waals surface area contributed by atoms with Crippen LogP contribution in [0, 0.1) is 0 Å². The number of aromatic nitrogens is 2. The fourth-order valence-electron chi connectivity index (χ4n) is 2.63. The fourth-order valence-corrected chi connectivity index (χ4v) is 2.63. The molecule has 1 aromatic heterocycles. The molecule has 1 N–H and O–H groups in total. The first kappa shape index (κ1) is 14.7. The summed E-state index contributed by atoms with van der Waals surface area (Å²) in [6.07, 6.45) is 7.33. The van der Waals surface area contributed by atoms with Crippen molar-refractivity contribution >= 4 is 11.9 Å². The molecule has 0 spiro atoms. The highest BCUT2D eigenvalue weighted by Crippen LogP contribution is 2.36. The molecule has 1 aliphatic carbocycles. The van der Waals surface area contributed by atoms with Crippen LogP contribution in [-0.2, 0) is 0 Å². The van der Waals surface area contributed by atoms with Crippen molar-refractivity contribution in [2.45, 2.75) is 24.9 Å². The number of aliphatic hydroxyl groups is 1. The molecule has 22 heavy (non-hydrogen) atoms. The lowest BCUT2D eigenvalue weighted by atomic mass is 9.80. The summed E-state index contributed by atoms with van der Waals surface area (Å²) in [6, 6.07) is 12.3. The summed E-state index contributed by atoms with van der Waals surface area (Å²) in [6.45, 7) is 0.790. The first-order chi connectivity index (χ1) is 10.7. The zero-order chi connectivity index (χ0) is 15.4. The van der Waals surface area contributed by atoms with Gasteiger partial charge in [-0.2, -0.15) is 0 Å². The van der Waals surface area contributed by atoms with Crippen molar-refractivity contribution in [2.24, 2.45) is 0 Å². The van der Waals surface area contributed by atoms with Crippen LogP contribution in [0.25, 0.3) is 6.08 Å². The number of rotatable bonds is 5. The van der Waals surface area contributed by atoms with Gasteiger partial charge < -0.3 is 10.0 Å². The molecule has 2 aromatic rings. The molecule has 3 rings (SSSR count). The van der Waals surface area contributed by atoms with E-state index in [9.17, 15) is 5.11 Å². The molecule has 0 atom stereocenters. The Morgan fingerprint density at radius 2 is 2.00 bits per heavy atom. The van der Waals surface area contributed by atoms with Gasteiger partial charge in [0.05, 0.1) is 6.10 Å². The quantitative estimate of drug-likeness (QED) is 0.921. The minimum absolute atomic E-state index is 0.157. The van der Waals surface area contributed by atoms with Gasteiger partial charge in [0.25, 0.3) is 0 Å². The van der Waals surface area contributed by atoms with Crippen LogP contribution in [0.4, 0.5) is 5.82 Å². The van der Waals surface area contributed by atoms with E-state index in [1.165, 1.54) is 5.56 Å². The maximum Gasteiger partial charge on any atom is 0.132 e.